The van der Waals surface area contributed by atoms with Gasteiger partial charge in [0.05, 0.1) is 12.8 Å². The van der Waals surface area contributed by atoms with E-state index in [4.69, 9.17) is 4.74 Å². The van der Waals surface area contributed by atoms with Crippen LogP contribution in [0.25, 0.3) is 0 Å². The van der Waals surface area contributed by atoms with Crippen molar-refractivity contribution in [2.75, 3.05) is 7.11 Å². The standard InChI is InChI=1S/C11H17NO2/c1-11(2,3)10(13)8-6-5-7-9(12-8)14-4/h5-7,10,13H,1-4H3. The molecule has 1 aromatic rings. The Hall–Kier alpha value is -1.09. The predicted octanol–water partition coefficient (Wildman–Crippen LogP) is 2.17. The van der Waals surface area contributed by atoms with Gasteiger partial charge in [0.25, 0.3) is 0 Å². The Labute approximate surface area is 84.7 Å². The summed E-state index contributed by atoms with van der Waals surface area (Å²) < 4.78 is 5.00. The SMILES string of the molecule is COc1cccc(C(O)C(C)(C)C)n1. The number of rotatable bonds is 2. The molecule has 0 aliphatic heterocycles. The Bertz CT molecular complexity index is 304. The molecule has 0 saturated carbocycles. The lowest BCUT2D eigenvalue weighted by atomic mass is 9.87. The zero-order valence-electron chi connectivity index (χ0n) is 9.11. The van der Waals surface area contributed by atoms with Crippen molar-refractivity contribution < 1.29 is 9.84 Å². The molecule has 14 heavy (non-hydrogen) atoms. The van der Waals surface area contributed by atoms with Gasteiger partial charge in [-0.2, -0.15) is 0 Å². The number of ether oxygens (including phenoxy) is 1. The summed E-state index contributed by atoms with van der Waals surface area (Å²) in [6.45, 7) is 5.91. The third-order valence-electron chi connectivity index (χ3n) is 2.05. The van der Waals surface area contributed by atoms with Gasteiger partial charge in [0, 0.05) is 6.07 Å². The third-order valence-corrected chi connectivity index (χ3v) is 2.05. The zero-order chi connectivity index (χ0) is 10.8. The molecule has 78 valence electrons. The van der Waals surface area contributed by atoms with Crippen LogP contribution in [0.1, 0.15) is 32.6 Å². The molecule has 3 heteroatoms. The first-order valence-electron chi connectivity index (χ1n) is 4.64. The minimum absolute atomic E-state index is 0.209. The van der Waals surface area contributed by atoms with Crippen molar-refractivity contribution in [3.05, 3.63) is 23.9 Å². The van der Waals surface area contributed by atoms with E-state index in [0.717, 1.165) is 0 Å². The van der Waals surface area contributed by atoms with Crippen LogP contribution < -0.4 is 4.74 Å². The van der Waals surface area contributed by atoms with Gasteiger partial charge in [0.2, 0.25) is 5.88 Å². The first kappa shape index (κ1) is 11.0. The van der Waals surface area contributed by atoms with Gasteiger partial charge in [0.15, 0.2) is 0 Å². The lowest BCUT2D eigenvalue weighted by Gasteiger charge is -2.25. The van der Waals surface area contributed by atoms with Crippen LogP contribution in [-0.4, -0.2) is 17.2 Å². The largest absolute Gasteiger partial charge is 0.481 e. The number of hydrogen-bond acceptors (Lipinski definition) is 3. The van der Waals surface area contributed by atoms with Gasteiger partial charge in [-0.1, -0.05) is 26.8 Å². The maximum atomic E-state index is 9.96. The molecule has 0 aliphatic rings. The van der Waals surface area contributed by atoms with Gasteiger partial charge in [-0.15, -0.1) is 0 Å². The van der Waals surface area contributed by atoms with Crippen LogP contribution in [0.3, 0.4) is 0 Å². The highest BCUT2D eigenvalue weighted by atomic mass is 16.5. The number of hydrogen-bond donors (Lipinski definition) is 1. The molecule has 1 heterocycles. The van der Waals surface area contributed by atoms with Crippen molar-refractivity contribution in [2.24, 2.45) is 5.41 Å². The second-order valence-corrected chi connectivity index (χ2v) is 4.37. The van der Waals surface area contributed by atoms with E-state index < -0.39 is 6.10 Å². The van der Waals surface area contributed by atoms with Gasteiger partial charge >= 0.3 is 0 Å². The molecule has 0 bridgehead atoms. The van der Waals surface area contributed by atoms with E-state index in [9.17, 15) is 5.11 Å². The fourth-order valence-electron chi connectivity index (χ4n) is 1.14. The first-order chi connectivity index (χ1) is 6.45. The molecule has 1 unspecified atom stereocenters. The van der Waals surface area contributed by atoms with Crippen LogP contribution in [0.2, 0.25) is 0 Å². The van der Waals surface area contributed by atoms with Crippen molar-refractivity contribution in [1.82, 2.24) is 4.98 Å². The molecule has 0 radical (unpaired) electrons. The quantitative estimate of drug-likeness (QED) is 0.786. The van der Waals surface area contributed by atoms with Crippen molar-refractivity contribution in [3.8, 4) is 5.88 Å². The first-order valence-corrected chi connectivity index (χ1v) is 4.64. The topological polar surface area (TPSA) is 42.4 Å². The fraction of sp³-hybridized carbons (Fsp3) is 0.545. The average Bonchev–Trinajstić information content (AvgIpc) is 2.15. The van der Waals surface area contributed by atoms with E-state index in [0.29, 0.717) is 11.6 Å². The normalized spacial score (nSPS) is 13.8. The molecule has 1 rings (SSSR count). The van der Waals surface area contributed by atoms with Crippen molar-refractivity contribution in [1.29, 1.82) is 0 Å². The highest BCUT2D eigenvalue weighted by molar-refractivity contribution is 5.18. The molecule has 1 atom stereocenters. The van der Waals surface area contributed by atoms with Gasteiger partial charge in [-0.05, 0) is 11.5 Å². The van der Waals surface area contributed by atoms with Gasteiger partial charge in [-0.3, -0.25) is 0 Å². The monoisotopic (exact) mass is 195 g/mol. The summed E-state index contributed by atoms with van der Waals surface area (Å²) in [4.78, 5) is 4.19. The van der Waals surface area contributed by atoms with Crippen LogP contribution in [0, 0.1) is 5.41 Å². The van der Waals surface area contributed by atoms with E-state index in [1.54, 1.807) is 19.2 Å². The number of methoxy groups -OCH3 is 1. The zero-order valence-corrected chi connectivity index (χ0v) is 9.11. The van der Waals surface area contributed by atoms with Crippen LogP contribution in [0.5, 0.6) is 5.88 Å². The maximum Gasteiger partial charge on any atom is 0.213 e. The Kier molecular flexibility index (Phi) is 3.11. The van der Waals surface area contributed by atoms with Crippen LogP contribution in [0.4, 0.5) is 0 Å². The van der Waals surface area contributed by atoms with Crippen LogP contribution in [-0.2, 0) is 0 Å². The van der Waals surface area contributed by atoms with Crippen molar-refractivity contribution in [3.63, 3.8) is 0 Å². The molecule has 0 aliphatic carbocycles. The summed E-state index contributed by atoms with van der Waals surface area (Å²) in [5.74, 6) is 0.533. The van der Waals surface area contributed by atoms with E-state index in [1.807, 2.05) is 26.8 Å². The lowest BCUT2D eigenvalue weighted by Crippen LogP contribution is -2.18. The fourth-order valence-corrected chi connectivity index (χ4v) is 1.14. The molecule has 1 aromatic heterocycles. The molecule has 0 fully saturated rings. The summed E-state index contributed by atoms with van der Waals surface area (Å²) >= 11 is 0. The van der Waals surface area contributed by atoms with E-state index in [2.05, 4.69) is 4.98 Å². The molecular weight excluding hydrogens is 178 g/mol. The molecule has 0 aromatic carbocycles. The molecule has 3 nitrogen and oxygen atoms in total. The highest BCUT2D eigenvalue weighted by Gasteiger charge is 2.25. The molecule has 0 saturated heterocycles. The predicted molar refractivity (Wildman–Crippen MR) is 55.2 cm³/mol. The summed E-state index contributed by atoms with van der Waals surface area (Å²) in [6, 6.07) is 5.40. The molecular formula is C11H17NO2. The van der Waals surface area contributed by atoms with Crippen molar-refractivity contribution in [2.45, 2.75) is 26.9 Å². The van der Waals surface area contributed by atoms with Crippen LogP contribution >= 0.6 is 0 Å². The minimum Gasteiger partial charge on any atom is -0.481 e. The second kappa shape index (κ2) is 3.96. The minimum atomic E-state index is -0.572. The highest BCUT2D eigenvalue weighted by Crippen LogP contribution is 2.31. The third kappa shape index (κ3) is 2.45. The Morgan fingerprint density at radius 1 is 1.36 bits per heavy atom. The Balaban J connectivity index is 2.95. The van der Waals surface area contributed by atoms with E-state index >= 15 is 0 Å². The summed E-state index contributed by atoms with van der Waals surface area (Å²) in [5.41, 5.74) is 0.441. The van der Waals surface area contributed by atoms with Crippen LogP contribution in [0.15, 0.2) is 18.2 Å². The van der Waals surface area contributed by atoms with E-state index in [1.165, 1.54) is 0 Å². The number of aromatic nitrogens is 1. The lowest BCUT2D eigenvalue weighted by molar-refractivity contribution is 0.0584. The van der Waals surface area contributed by atoms with Crippen molar-refractivity contribution >= 4 is 0 Å². The molecule has 1 N–H and O–H groups in total. The molecule has 0 spiro atoms. The number of aliphatic hydroxyl groups excluding tert-OH is 1. The number of nitrogens with zero attached hydrogens (tertiary/aromatic N) is 1. The number of pyridine rings is 1. The van der Waals surface area contributed by atoms with E-state index in [-0.39, 0.29) is 5.41 Å². The summed E-state index contributed by atoms with van der Waals surface area (Å²) in [5, 5.41) is 9.96. The maximum absolute atomic E-state index is 9.96. The average molecular weight is 195 g/mol. The Morgan fingerprint density at radius 3 is 2.50 bits per heavy atom. The Morgan fingerprint density at radius 2 is 2.00 bits per heavy atom. The van der Waals surface area contributed by atoms with Gasteiger partial charge in [-0.25, -0.2) is 4.98 Å². The summed E-state index contributed by atoms with van der Waals surface area (Å²) in [7, 11) is 1.57. The van der Waals surface area contributed by atoms with Gasteiger partial charge < -0.3 is 9.84 Å². The second-order valence-electron chi connectivity index (χ2n) is 4.37. The number of aliphatic hydroxyl groups is 1. The summed E-state index contributed by atoms with van der Waals surface area (Å²) in [6.07, 6.45) is -0.572. The molecule has 0 amide bonds. The van der Waals surface area contributed by atoms with Gasteiger partial charge in [0.1, 0.15) is 6.10 Å². The smallest absolute Gasteiger partial charge is 0.213 e.